The molecular formula is C24H23N7O. The van der Waals surface area contributed by atoms with Crippen LogP contribution in [-0.2, 0) is 0 Å². The minimum Gasteiger partial charge on any atom is -0.491 e. The van der Waals surface area contributed by atoms with Gasteiger partial charge in [0.2, 0.25) is 0 Å². The van der Waals surface area contributed by atoms with Crippen molar-refractivity contribution in [3.05, 3.63) is 66.9 Å². The van der Waals surface area contributed by atoms with Crippen LogP contribution in [0.25, 0.3) is 16.6 Å². The minimum absolute atomic E-state index is 0.362. The molecule has 1 fully saturated rings. The highest BCUT2D eigenvalue weighted by Gasteiger charge is 2.21. The first-order valence-electron chi connectivity index (χ1n) is 10.6. The van der Waals surface area contributed by atoms with Crippen LogP contribution in [-0.4, -0.2) is 51.2 Å². The van der Waals surface area contributed by atoms with Crippen molar-refractivity contribution in [3.63, 3.8) is 0 Å². The number of rotatable bonds is 6. The van der Waals surface area contributed by atoms with Crippen LogP contribution in [0.5, 0.6) is 5.75 Å². The van der Waals surface area contributed by atoms with Crippen molar-refractivity contribution in [2.45, 2.75) is 6.42 Å². The van der Waals surface area contributed by atoms with Crippen LogP contribution >= 0.6 is 0 Å². The van der Waals surface area contributed by atoms with E-state index in [0.29, 0.717) is 24.0 Å². The summed E-state index contributed by atoms with van der Waals surface area (Å²) >= 11 is 0. The molecule has 1 N–H and O–H groups in total. The van der Waals surface area contributed by atoms with E-state index in [2.05, 4.69) is 38.4 Å². The van der Waals surface area contributed by atoms with E-state index in [9.17, 15) is 5.26 Å². The number of nitrogens with one attached hydrogen (secondary N) is 1. The monoisotopic (exact) mass is 425 g/mol. The lowest BCUT2D eigenvalue weighted by Gasteiger charge is -2.15. The SMILES string of the molecule is CN1CC[C@@H](COc2cnc(C#N)cc2-c2ccn3nc(Nc4ccncc4)cc3c2)C1. The van der Waals surface area contributed by atoms with Crippen molar-refractivity contribution in [1.29, 1.82) is 5.26 Å². The molecule has 0 bridgehead atoms. The summed E-state index contributed by atoms with van der Waals surface area (Å²) in [5.74, 6) is 1.93. The van der Waals surface area contributed by atoms with Crippen molar-refractivity contribution in [2.24, 2.45) is 5.92 Å². The van der Waals surface area contributed by atoms with Crippen LogP contribution in [0.4, 0.5) is 11.5 Å². The fraction of sp³-hybridized carbons (Fsp3) is 0.250. The second-order valence-electron chi connectivity index (χ2n) is 8.08. The number of fused-ring (bicyclic) bond motifs is 1. The van der Waals surface area contributed by atoms with Gasteiger partial charge in [0.15, 0.2) is 5.82 Å². The van der Waals surface area contributed by atoms with Gasteiger partial charge in [-0.2, -0.15) is 10.4 Å². The number of pyridine rings is 3. The second kappa shape index (κ2) is 8.65. The van der Waals surface area contributed by atoms with E-state index in [1.165, 1.54) is 0 Å². The molecule has 1 aliphatic heterocycles. The zero-order valence-electron chi connectivity index (χ0n) is 17.8. The third kappa shape index (κ3) is 4.24. The van der Waals surface area contributed by atoms with Gasteiger partial charge in [-0.15, -0.1) is 0 Å². The smallest absolute Gasteiger partial charge is 0.153 e. The molecule has 5 heterocycles. The lowest BCUT2D eigenvalue weighted by molar-refractivity contribution is 0.249. The lowest BCUT2D eigenvalue weighted by Crippen LogP contribution is -2.18. The Morgan fingerprint density at radius 3 is 2.88 bits per heavy atom. The van der Waals surface area contributed by atoms with Gasteiger partial charge in [-0.05, 0) is 55.9 Å². The summed E-state index contributed by atoms with van der Waals surface area (Å²) in [6, 6.07) is 13.7. The first-order chi connectivity index (χ1) is 15.7. The number of nitriles is 1. The van der Waals surface area contributed by atoms with E-state index in [1.54, 1.807) is 24.7 Å². The normalized spacial score (nSPS) is 16.2. The van der Waals surface area contributed by atoms with Crippen LogP contribution in [0, 0.1) is 17.2 Å². The molecule has 4 aromatic heterocycles. The highest BCUT2D eigenvalue weighted by Crippen LogP contribution is 2.32. The summed E-state index contributed by atoms with van der Waals surface area (Å²) in [5, 5.41) is 17.2. The molecule has 1 atom stereocenters. The standard InChI is InChI=1S/C24H23N7O/c1-30-8-4-17(15-30)16-32-23-14-27-20(13-25)11-22(23)18-5-9-31-21(10-18)12-24(29-31)28-19-2-6-26-7-3-19/h2-3,5-7,9-12,14,17H,4,8,15-16H2,1H3,(H,26,28,29)/t17-/m1/s1. The number of ether oxygens (including phenoxy) is 1. The summed E-state index contributed by atoms with van der Waals surface area (Å²) in [7, 11) is 2.13. The van der Waals surface area contributed by atoms with Crippen molar-refractivity contribution >= 4 is 17.0 Å². The molecule has 0 unspecified atom stereocenters. The van der Waals surface area contributed by atoms with Crippen LogP contribution in [0.2, 0.25) is 0 Å². The average molecular weight is 425 g/mol. The predicted octanol–water partition coefficient (Wildman–Crippen LogP) is 3.74. The number of likely N-dealkylation sites (tertiary alicyclic amines) is 1. The number of aromatic nitrogens is 4. The fourth-order valence-electron chi connectivity index (χ4n) is 4.02. The number of hydrogen-bond donors (Lipinski definition) is 1. The van der Waals surface area contributed by atoms with Crippen LogP contribution in [0.3, 0.4) is 0 Å². The molecule has 8 nitrogen and oxygen atoms in total. The largest absolute Gasteiger partial charge is 0.491 e. The van der Waals surface area contributed by atoms with Crippen molar-refractivity contribution < 1.29 is 4.74 Å². The predicted molar refractivity (Wildman–Crippen MR) is 122 cm³/mol. The lowest BCUT2D eigenvalue weighted by atomic mass is 10.1. The highest BCUT2D eigenvalue weighted by atomic mass is 16.5. The Labute approximate surface area is 186 Å². The maximum absolute atomic E-state index is 9.36. The van der Waals surface area contributed by atoms with Gasteiger partial charge in [0.1, 0.15) is 17.5 Å². The number of nitrogens with zero attached hydrogens (tertiary/aromatic N) is 6. The van der Waals surface area contributed by atoms with Crippen LogP contribution < -0.4 is 10.1 Å². The van der Waals surface area contributed by atoms with Crippen molar-refractivity contribution in [1.82, 2.24) is 24.5 Å². The Morgan fingerprint density at radius 1 is 1.22 bits per heavy atom. The molecule has 160 valence electrons. The highest BCUT2D eigenvalue weighted by molar-refractivity contribution is 5.75. The summed E-state index contributed by atoms with van der Waals surface area (Å²) < 4.78 is 7.99. The molecule has 4 aromatic rings. The van der Waals surface area contributed by atoms with Crippen LogP contribution in [0.15, 0.2) is 61.2 Å². The van der Waals surface area contributed by atoms with Gasteiger partial charge in [0.25, 0.3) is 0 Å². The summed E-state index contributed by atoms with van der Waals surface area (Å²) in [6.07, 6.45) is 8.16. The summed E-state index contributed by atoms with van der Waals surface area (Å²) in [5.41, 5.74) is 4.02. The first-order valence-corrected chi connectivity index (χ1v) is 10.6. The van der Waals surface area contributed by atoms with E-state index >= 15 is 0 Å². The number of anilines is 2. The molecule has 0 saturated carbocycles. The third-order valence-corrected chi connectivity index (χ3v) is 5.67. The second-order valence-corrected chi connectivity index (χ2v) is 8.08. The fourth-order valence-corrected chi connectivity index (χ4v) is 4.02. The van der Waals surface area contributed by atoms with Gasteiger partial charge in [-0.1, -0.05) is 0 Å². The molecule has 32 heavy (non-hydrogen) atoms. The Morgan fingerprint density at radius 2 is 2.09 bits per heavy atom. The molecule has 0 amide bonds. The summed E-state index contributed by atoms with van der Waals surface area (Å²) in [4.78, 5) is 10.6. The topological polar surface area (TPSA) is 91.4 Å². The zero-order chi connectivity index (χ0) is 21.9. The van der Waals surface area contributed by atoms with Crippen LogP contribution in [0.1, 0.15) is 12.1 Å². The molecule has 1 saturated heterocycles. The third-order valence-electron chi connectivity index (χ3n) is 5.67. The Hall–Kier alpha value is -3.96. The van der Waals surface area contributed by atoms with Gasteiger partial charge in [-0.25, -0.2) is 9.50 Å². The minimum atomic E-state index is 0.362. The first kappa shape index (κ1) is 20.0. The molecule has 0 radical (unpaired) electrons. The molecule has 0 aromatic carbocycles. The van der Waals surface area contributed by atoms with Gasteiger partial charge in [0.05, 0.1) is 18.3 Å². The maximum Gasteiger partial charge on any atom is 0.153 e. The van der Waals surface area contributed by atoms with E-state index in [-0.39, 0.29) is 0 Å². The molecular weight excluding hydrogens is 402 g/mol. The van der Waals surface area contributed by atoms with Gasteiger partial charge < -0.3 is 15.0 Å². The maximum atomic E-state index is 9.36. The van der Waals surface area contributed by atoms with Crippen molar-refractivity contribution in [3.8, 4) is 22.9 Å². The van der Waals surface area contributed by atoms with E-state index in [0.717, 1.165) is 47.7 Å². The molecule has 0 aliphatic carbocycles. The van der Waals surface area contributed by atoms with Gasteiger partial charge >= 0.3 is 0 Å². The van der Waals surface area contributed by atoms with Crippen molar-refractivity contribution in [2.75, 3.05) is 32.1 Å². The average Bonchev–Trinajstić information content (AvgIpc) is 3.42. The Bertz CT molecular complexity index is 1280. The zero-order valence-corrected chi connectivity index (χ0v) is 17.8. The molecule has 0 spiro atoms. The van der Waals surface area contributed by atoms with E-state index in [1.807, 2.05) is 41.0 Å². The Kier molecular flexibility index (Phi) is 5.40. The summed E-state index contributed by atoms with van der Waals surface area (Å²) in [6.45, 7) is 2.77. The Balaban J connectivity index is 1.43. The number of hydrogen-bond acceptors (Lipinski definition) is 7. The quantitative estimate of drug-likeness (QED) is 0.503. The van der Waals surface area contributed by atoms with Gasteiger partial charge in [-0.3, -0.25) is 4.98 Å². The van der Waals surface area contributed by atoms with Gasteiger partial charge in [0, 0.05) is 48.4 Å². The molecule has 8 heteroatoms. The molecule has 5 rings (SSSR count). The van der Waals surface area contributed by atoms with E-state index in [4.69, 9.17) is 4.74 Å². The van der Waals surface area contributed by atoms with E-state index < -0.39 is 0 Å². The molecule has 1 aliphatic rings.